The van der Waals surface area contributed by atoms with Crippen molar-refractivity contribution in [1.29, 1.82) is 0 Å². The van der Waals surface area contributed by atoms with Gasteiger partial charge in [-0.25, -0.2) is 13.5 Å². The summed E-state index contributed by atoms with van der Waals surface area (Å²) in [6.07, 6.45) is 1.52. The zero-order valence-electron chi connectivity index (χ0n) is 13.4. The van der Waals surface area contributed by atoms with E-state index >= 15 is 0 Å². The van der Waals surface area contributed by atoms with Crippen LogP contribution in [0.4, 0.5) is 8.78 Å². The SMILES string of the molecule is CC(NC(=O)Cn1ncc2ccccc2c1=O)c1ccc(F)c(F)c1. The highest BCUT2D eigenvalue weighted by Crippen LogP contribution is 2.15. The molecule has 0 aliphatic heterocycles. The van der Waals surface area contributed by atoms with E-state index < -0.39 is 23.6 Å². The molecule has 0 saturated heterocycles. The van der Waals surface area contributed by atoms with Crippen molar-refractivity contribution in [2.75, 3.05) is 0 Å². The van der Waals surface area contributed by atoms with Crippen molar-refractivity contribution in [3.05, 3.63) is 76.2 Å². The quantitative estimate of drug-likeness (QED) is 0.792. The number of amides is 1. The fourth-order valence-corrected chi connectivity index (χ4v) is 2.53. The molecule has 0 saturated carbocycles. The summed E-state index contributed by atoms with van der Waals surface area (Å²) in [6.45, 7) is 1.37. The molecule has 128 valence electrons. The van der Waals surface area contributed by atoms with Crippen molar-refractivity contribution >= 4 is 16.7 Å². The van der Waals surface area contributed by atoms with E-state index in [1.807, 2.05) is 0 Å². The average molecular weight is 343 g/mol. The molecule has 1 unspecified atom stereocenters. The number of aromatic nitrogens is 2. The van der Waals surface area contributed by atoms with Gasteiger partial charge >= 0.3 is 0 Å². The van der Waals surface area contributed by atoms with Gasteiger partial charge < -0.3 is 5.32 Å². The Morgan fingerprint density at radius 2 is 1.96 bits per heavy atom. The number of hydrogen-bond donors (Lipinski definition) is 1. The molecule has 2 aromatic carbocycles. The van der Waals surface area contributed by atoms with Gasteiger partial charge in [-0.05, 0) is 30.7 Å². The van der Waals surface area contributed by atoms with Crippen molar-refractivity contribution in [3.63, 3.8) is 0 Å². The Labute approximate surface area is 141 Å². The number of benzene rings is 2. The second kappa shape index (κ2) is 6.80. The van der Waals surface area contributed by atoms with Gasteiger partial charge in [0.15, 0.2) is 11.6 Å². The van der Waals surface area contributed by atoms with Crippen LogP contribution in [0.5, 0.6) is 0 Å². The van der Waals surface area contributed by atoms with Crippen LogP contribution >= 0.6 is 0 Å². The average Bonchev–Trinajstić information content (AvgIpc) is 2.60. The van der Waals surface area contributed by atoms with Gasteiger partial charge in [0, 0.05) is 5.39 Å². The first-order valence-electron chi connectivity index (χ1n) is 7.65. The summed E-state index contributed by atoms with van der Waals surface area (Å²) in [6, 6.07) is 9.84. The molecule has 25 heavy (non-hydrogen) atoms. The number of rotatable bonds is 4. The second-order valence-corrected chi connectivity index (χ2v) is 5.66. The summed E-state index contributed by atoms with van der Waals surface area (Å²) in [7, 11) is 0. The van der Waals surface area contributed by atoms with E-state index in [4.69, 9.17) is 0 Å². The van der Waals surface area contributed by atoms with Gasteiger partial charge in [-0.3, -0.25) is 9.59 Å². The Hall–Kier alpha value is -3.09. The zero-order valence-corrected chi connectivity index (χ0v) is 13.4. The molecule has 0 aliphatic rings. The fraction of sp³-hybridized carbons (Fsp3) is 0.167. The van der Waals surface area contributed by atoms with Gasteiger partial charge in [-0.1, -0.05) is 24.3 Å². The predicted octanol–water partition coefficient (Wildman–Crippen LogP) is 2.55. The van der Waals surface area contributed by atoms with Gasteiger partial charge in [0.25, 0.3) is 5.56 Å². The maximum absolute atomic E-state index is 13.3. The normalized spacial score (nSPS) is 12.1. The molecule has 1 aromatic heterocycles. The molecular weight excluding hydrogens is 328 g/mol. The topological polar surface area (TPSA) is 64.0 Å². The minimum Gasteiger partial charge on any atom is -0.348 e. The number of hydrogen-bond acceptors (Lipinski definition) is 3. The molecule has 3 aromatic rings. The number of fused-ring (bicyclic) bond motifs is 1. The lowest BCUT2D eigenvalue weighted by Crippen LogP contribution is -2.35. The minimum absolute atomic E-state index is 0.266. The van der Waals surface area contributed by atoms with Crippen molar-refractivity contribution in [3.8, 4) is 0 Å². The first-order chi connectivity index (χ1) is 12.0. The molecule has 1 amide bonds. The van der Waals surface area contributed by atoms with Crippen molar-refractivity contribution in [2.24, 2.45) is 0 Å². The van der Waals surface area contributed by atoms with E-state index in [1.54, 1.807) is 31.2 Å². The molecule has 1 heterocycles. The predicted molar refractivity (Wildman–Crippen MR) is 88.9 cm³/mol. The number of halogens is 2. The van der Waals surface area contributed by atoms with E-state index in [1.165, 1.54) is 12.3 Å². The molecule has 0 spiro atoms. The molecule has 7 heteroatoms. The smallest absolute Gasteiger partial charge is 0.275 e. The minimum atomic E-state index is -0.981. The lowest BCUT2D eigenvalue weighted by molar-refractivity contribution is -0.122. The van der Waals surface area contributed by atoms with Crippen molar-refractivity contribution in [2.45, 2.75) is 19.5 Å². The Bertz CT molecular complexity index is 1000. The van der Waals surface area contributed by atoms with Crippen LogP contribution in [0.25, 0.3) is 10.8 Å². The molecule has 1 atom stereocenters. The van der Waals surface area contributed by atoms with Gasteiger partial charge in [0.2, 0.25) is 5.91 Å². The molecule has 0 bridgehead atoms. The first kappa shape index (κ1) is 16.8. The summed E-state index contributed by atoms with van der Waals surface area (Å²) in [5.74, 6) is -2.39. The number of carbonyl (C=O) groups is 1. The fourth-order valence-electron chi connectivity index (χ4n) is 2.53. The largest absolute Gasteiger partial charge is 0.348 e. The Balaban J connectivity index is 1.75. The zero-order chi connectivity index (χ0) is 18.0. The first-order valence-corrected chi connectivity index (χ1v) is 7.65. The Morgan fingerprint density at radius 1 is 1.20 bits per heavy atom. The monoisotopic (exact) mass is 343 g/mol. The highest BCUT2D eigenvalue weighted by atomic mass is 19.2. The summed E-state index contributed by atoms with van der Waals surface area (Å²) in [4.78, 5) is 24.5. The van der Waals surface area contributed by atoms with E-state index in [0.717, 1.165) is 16.8 Å². The van der Waals surface area contributed by atoms with E-state index in [2.05, 4.69) is 10.4 Å². The summed E-state index contributed by atoms with van der Waals surface area (Å²) in [5, 5.41) is 7.79. The third-order valence-electron chi connectivity index (χ3n) is 3.88. The third kappa shape index (κ3) is 3.55. The van der Waals surface area contributed by atoms with Crippen LogP contribution in [0.3, 0.4) is 0 Å². The van der Waals surface area contributed by atoms with Crippen LogP contribution in [-0.4, -0.2) is 15.7 Å². The van der Waals surface area contributed by atoms with E-state index in [-0.39, 0.29) is 12.1 Å². The van der Waals surface area contributed by atoms with Gasteiger partial charge in [-0.15, -0.1) is 0 Å². The van der Waals surface area contributed by atoms with Crippen LogP contribution in [0.1, 0.15) is 18.5 Å². The Kier molecular flexibility index (Phi) is 4.56. The molecule has 3 rings (SSSR count). The molecule has 1 N–H and O–H groups in total. The van der Waals surface area contributed by atoms with Crippen LogP contribution < -0.4 is 10.9 Å². The van der Waals surface area contributed by atoms with Crippen molar-refractivity contribution < 1.29 is 13.6 Å². The third-order valence-corrected chi connectivity index (χ3v) is 3.88. The standard InChI is InChI=1S/C18H15F2N3O2/c1-11(12-6-7-15(19)16(20)8-12)22-17(24)10-23-18(25)14-5-3-2-4-13(14)9-21-23/h2-9,11H,10H2,1H3,(H,22,24). The summed E-state index contributed by atoms with van der Waals surface area (Å²) in [5.41, 5.74) is 0.0554. The molecule has 5 nitrogen and oxygen atoms in total. The van der Waals surface area contributed by atoms with E-state index in [0.29, 0.717) is 16.3 Å². The summed E-state index contributed by atoms with van der Waals surface area (Å²) >= 11 is 0. The highest BCUT2D eigenvalue weighted by molar-refractivity contribution is 5.81. The maximum atomic E-state index is 13.3. The van der Waals surface area contributed by atoms with Crippen LogP contribution in [-0.2, 0) is 11.3 Å². The van der Waals surface area contributed by atoms with E-state index in [9.17, 15) is 18.4 Å². The summed E-state index contributed by atoms with van der Waals surface area (Å²) < 4.78 is 27.3. The molecule has 0 fully saturated rings. The van der Waals surface area contributed by atoms with Crippen LogP contribution in [0.2, 0.25) is 0 Å². The molecular formula is C18H15F2N3O2. The second-order valence-electron chi connectivity index (χ2n) is 5.66. The van der Waals surface area contributed by atoms with Gasteiger partial charge in [-0.2, -0.15) is 5.10 Å². The van der Waals surface area contributed by atoms with Gasteiger partial charge in [0.05, 0.1) is 17.6 Å². The highest BCUT2D eigenvalue weighted by Gasteiger charge is 2.14. The number of carbonyl (C=O) groups excluding carboxylic acids is 1. The van der Waals surface area contributed by atoms with Crippen molar-refractivity contribution in [1.82, 2.24) is 15.1 Å². The Morgan fingerprint density at radius 3 is 2.72 bits per heavy atom. The van der Waals surface area contributed by atoms with Gasteiger partial charge in [0.1, 0.15) is 6.54 Å². The number of nitrogens with zero attached hydrogens (tertiary/aromatic N) is 2. The number of nitrogens with one attached hydrogen (secondary N) is 1. The molecule has 0 radical (unpaired) electrons. The van der Waals surface area contributed by atoms with Crippen LogP contribution in [0, 0.1) is 11.6 Å². The maximum Gasteiger partial charge on any atom is 0.275 e. The lowest BCUT2D eigenvalue weighted by atomic mass is 10.1. The van der Waals surface area contributed by atoms with Crippen LogP contribution in [0.15, 0.2) is 53.5 Å². The molecule has 0 aliphatic carbocycles. The lowest BCUT2D eigenvalue weighted by Gasteiger charge is -2.15.